The smallest absolute Gasteiger partial charge is 0.154 e. The van der Waals surface area contributed by atoms with E-state index >= 15 is 0 Å². The van der Waals surface area contributed by atoms with Gasteiger partial charge in [-0.1, -0.05) is 128 Å². The fourth-order valence-electron chi connectivity index (χ4n) is 8.63. The van der Waals surface area contributed by atoms with Gasteiger partial charge in [-0.15, -0.1) is 0 Å². The van der Waals surface area contributed by atoms with E-state index in [0.717, 1.165) is 84.9 Å². The Morgan fingerprint density at radius 3 is 2.17 bits per heavy atom. The fraction of sp³-hybridized carbons (Fsp3) is 0.562. The largest absolute Gasteiger partial charge is 0.376 e. The van der Waals surface area contributed by atoms with E-state index in [1.54, 1.807) is 6.92 Å². The summed E-state index contributed by atoms with van der Waals surface area (Å²) in [7, 11) is 0. The summed E-state index contributed by atoms with van der Waals surface area (Å²) in [6.07, 6.45) is 25.8. The molecule has 286 valence electrons. The number of nitrogens with one attached hydrogen (secondary N) is 1. The molecular weight excluding hydrogens is 649 g/mol. The van der Waals surface area contributed by atoms with Gasteiger partial charge in [-0.25, -0.2) is 9.97 Å². The number of ketones is 1. The summed E-state index contributed by atoms with van der Waals surface area (Å²) in [4.78, 5) is 24.0. The van der Waals surface area contributed by atoms with Crippen LogP contribution in [0, 0.1) is 23.7 Å². The number of hydrogen-bond acceptors (Lipinski definition) is 5. The highest BCUT2D eigenvalue weighted by Crippen LogP contribution is 2.42. The topological polar surface area (TPSA) is 58.1 Å². The Morgan fingerprint density at radius 2 is 1.62 bits per heavy atom. The van der Waals surface area contributed by atoms with Gasteiger partial charge in [-0.2, -0.15) is 0 Å². The number of nitrogens with zero attached hydrogens (tertiary/aromatic N) is 3. The maximum atomic E-state index is 12.0. The van der Waals surface area contributed by atoms with Crippen molar-refractivity contribution in [3.8, 4) is 0 Å². The Kier molecular flexibility index (Phi) is 14.2. The predicted molar refractivity (Wildman–Crippen MR) is 225 cm³/mol. The number of benzene rings is 1. The third-order valence-electron chi connectivity index (χ3n) is 12.6. The van der Waals surface area contributed by atoms with Crippen LogP contribution in [0.5, 0.6) is 0 Å². The Labute approximate surface area is 322 Å². The number of allylic oxidation sites excluding steroid dienone is 5. The lowest BCUT2D eigenvalue weighted by Gasteiger charge is -2.43. The standard InChI is InChI=1S/C48H68N4O/c1-10-13-37-15-18-40(19-16-37)41-20-22-42(23-21-41)43-29-49-47(50-30-43)38(12-3)17-14-36(11-2)28-46(34(5)52-31-44(32-52)35(6)53)51-33(4)39-24-26-45(27-25-39)48(7,8)9/h14,17,22,24-27,29-30,37,40-41,44,46,51H,4-5,10-13,15-16,18-21,23,28,31-32H2,1-3,6-9H3/b36-14+,38-17+/t37?,40?,41?,46-/m0/s1. The quantitative estimate of drug-likeness (QED) is 0.175. The number of carbonyl (C=O) groups is 1. The zero-order valence-electron chi connectivity index (χ0n) is 34.1. The predicted octanol–water partition coefficient (Wildman–Crippen LogP) is 11.7. The second-order valence-electron chi connectivity index (χ2n) is 17.3. The molecule has 1 aromatic carbocycles. The van der Waals surface area contributed by atoms with Crippen molar-refractivity contribution in [2.24, 2.45) is 23.7 Å². The van der Waals surface area contributed by atoms with Gasteiger partial charge < -0.3 is 10.2 Å². The Bertz CT molecular complexity index is 1640. The molecule has 0 spiro atoms. The molecule has 0 amide bonds. The Morgan fingerprint density at radius 1 is 0.943 bits per heavy atom. The number of carbonyl (C=O) groups excluding carboxylic acids is 1. The van der Waals surface area contributed by atoms with E-state index in [-0.39, 0.29) is 23.2 Å². The Balaban J connectivity index is 1.25. The van der Waals surface area contributed by atoms with Gasteiger partial charge in [0, 0.05) is 42.4 Å². The van der Waals surface area contributed by atoms with Crippen molar-refractivity contribution in [2.45, 2.75) is 137 Å². The van der Waals surface area contributed by atoms with E-state index in [1.807, 2.05) is 12.4 Å². The van der Waals surface area contributed by atoms with Crippen molar-refractivity contribution in [1.29, 1.82) is 0 Å². The summed E-state index contributed by atoms with van der Waals surface area (Å²) in [6, 6.07) is 8.67. The first-order valence-electron chi connectivity index (χ1n) is 20.8. The second-order valence-corrected chi connectivity index (χ2v) is 17.3. The normalized spacial score (nSPS) is 22.1. The van der Waals surface area contributed by atoms with Crippen molar-refractivity contribution < 1.29 is 4.79 Å². The van der Waals surface area contributed by atoms with Crippen molar-refractivity contribution in [1.82, 2.24) is 20.2 Å². The van der Waals surface area contributed by atoms with E-state index < -0.39 is 0 Å². The van der Waals surface area contributed by atoms with Gasteiger partial charge in [0.05, 0.1) is 12.0 Å². The van der Waals surface area contributed by atoms with E-state index in [2.05, 4.69) is 107 Å². The van der Waals surface area contributed by atoms with E-state index in [4.69, 9.17) is 9.97 Å². The first-order chi connectivity index (χ1) is 25.4. The van der Waals surface area contributed by atoms with Crippen molar-refractivity contribution >= 4 is 22.6 Å². The van der Waals surface area contributed by atoms with Gasteiger partial charge in [0.1, 0.15) is 5.78 Å². The molecule has 5 rings (SSSR count). The minimum atomic E-state index is -0.0441. The van der Waals surface area contributed by atoms with E-state index in [1.165, 1.54) is 73.6 Å². The summed E-state index contributed by atoms with van der Waals surface area (Å²) in [5, 5.41) is 3.74. The average Bonchev–Trinajstić information content (AvgIpc) is 3.13. The summed E-state index contributed by atoms with van der Waals surface area (Å²) in [5.41, 5.74) is 9.41. The third kappa shape index (κ3) is 10.7. The average molecular weight is 717 g/mol. The minimum absolute atomic E-state index is 0.0441. The minimum Gasteiger partial charge on any atom is -0.376 e. The number of hydrogen-bond donors (Lipinski definition) is 1. The van der Waals surface area contributed by atoms with Crippen molar-refractivity contribution in [3.05, 3.63) is 102 Å². The maximum absolute atomic E-state index is 12.0. The lowest BCUT2D eigenvalue weighted by molar-refractivity contribution is -0.124. The number of likely N-dealkylation sites (tertiary alicyclic amines) is 1. The molecule has 0 bridgehead atoms. The summed E-state index contributed by atoms with van der Waals surface area (Å²) in [5.74, 6) is 3.90. The van der Waals surface area contributed by atoms with Gasteiger partial charge in [-0.3, -0.25) is 4.79 Å². The molecule has 0 radical (unpaired) electrons. The molecule has 1 aromatic heterocycles. The van der Waals surface area contributed by atoms with Gasteiger partial charge in [0.15, 0.2) is 5.82 Å². The summed E-state index contributed by atoms with van der Waals surface area (Å²) in [6.45, 7) is 25.6. The molecule has 2 aromatic rings. The molecule has 1 N–H and O–H groups in total. The highest BCUT2D eigenvalue weighted by molar-refractivity contribution is 5.79. The number of Topliss-reactive ketones (excluding diaryl/α,β-unsaturated/α-hetero) is 1. The van der Waals surface area contributed by atoms with Gasteiger partial charge in [0.2, 0.25) is 0 Å². The van der Waals surface area contributed by atoms with Crippen LogP contribution >= 0.6 is 0 Å². The van der Waals surface area contributed by atoms with Crippen LogP contribution in [-0.2, 0) is 10.2 Å². The molecule has 5 nitrogen and oxygen atoms in total. The van der Waals surface area contributed by atoms with Crippen LogP contribution in [-0.4, -0.2) is 39.8 Å². The van der Waals surface area contributed by atoms with Gasteiger partial charge in [0.25, 0.3) is 0 Å². The van der Waals surface area contributed by atoms with Crippen LogP contribution in [0.2, 0.25) is 0 Å². The van der Waals surface area contributed by atoms with Gasteiger partial charge in [-0.05, 0) is 104 Å². The lowest BCUT2D eigenvalue weighted by Crippen LogP contribution is -2.52. The molecule has 5 heteroatoms. The Hall–Kier alpha value is -3.73. The first kappa shape index (κ1) is 40.5. The lowest BCUT2D eigenvalue weighted by atomic mass is 9.70. The molecular formula is C48H68N4O. The van der Waals surface area contributed by atoms with Crippen LogP contribution < -0.4 is 5.32 Å². The molecule has 1 aliphatic heterocycles. The van der Waals surface area contributed by atoms with Crippen molar-refractivity contribution in [3.63, 3.8) is 0 Å². The fourth-order valence-corrected chi connectivity index (χ4v) is 8.63. The summed E-state index contributed by atoms with van der Waals surface area (Å²) < 4.78 is 0. The maximum Gasteiger partial charge on any atom is 0.154 e. The van der Waals surface area contributed by atoms with Crippen LogP contribution in [0.15, 0.2) is 79.3 Å². The summed E-state index contributed by atoms with van der Waals surface area (Å²) >= 11 is 0. The molecule has 2 aliphatic carbocycles. The third-order valence-corrected chi connectivity index (χ3v) is 12.6. The van der Waals surface area contributed by atoms with Crippen LogP contribution in [0.25, 0.3) is 16.8 Å². The molecule has 2 atom stereocenters. The van der Waals surface area contributed by atoms with E-state index in [9.17, 15) is 4.79 Å². The molecule has 1 saturated carbocycles. The number of rotatable bonds is 16. The molecule has 53 heavy (non-hydrogen) atoms. The zero-order chi connectivity index (χ0) is 38.1. The molecule has 2 heterocycles. The van der Waals surface area contributed by atoms with Crippen molar-refractivity contribution in [2.75, 3.05) is 13.1 Å². The highest BCUT2D eigenvalue weighted by Gasteiger charge is 2.34. The number of aromatic nitrogens is 2. The molecule has 1 unspecified atom stereocenters. The molecule has 3 aliphatic rings. The first-order valence-corrected chi connectivity index (χ1v) is 20.8. The highest BCUT2D eigenvalue weighted by atomic mass is 16.1. The van der Waals surface area contributed by atoms with Crippen LogP contribution in [0.4, 0.5) is 0 Å². The van der Waals surface area contributed by atoms with Crippen LogP contribution in [0.3, 0.4) is 0 Å². The van der Waals surface area contributed by atoms with E-state index in [0.29, 0.717) is 0 Å². The zero-order valence-corrected chi connectivity index (χ0v) is 34.1. The van der Waals surface area contributed by atoms with Crippen LogP contribution in [0.1, 0.15) is 148 Å². The monoisotopic (exact) mass is 717 g/mol. The second kappa shape index (κ2) is 18.5. The molecule has 2 fully saturated rings. The van der Waals surface area contributed by atoms with Gasteiger partial charge >= 0.3 is 0 Å². The SMILES string of the molecule is C=C(N[C@@H](C/C(=C/C=C(\CC)c1ncc(C2=CCC(C3CCC(CCC)CC3)CC2)cn1)CC)C(=C)N1CC(C(C)=O)C1)c1ccc(C(C)(C)C)cc1. The molecule has 1 saturated heterocycles.